The van der Waals surface area contributed by atoms with Gasteiger partial charge < -0.3 is 0 Å². The van der Waals surface area contributed by atoms with Gasteiger partial charge in [-0.15, -0.1) is 0 Å². The van der Waals surface area contributed by atoms with Crippen LogP contribution in [0.15, 0.2) is 29.8 Å². The highest BCUT2D eigenvalue weighted by atomic mass is 15.2. The molecule has 0 saturated carbocycles. The van der Waals surface area contributed by atoms with E-state index < -0.39 is 0 Å². The van der Waals surface area contributed by atoms with Crippen molar-refractivity contribution < 1.29 is 0 Å². The predicted octanol–water partition coefficient (Wildman–Crippen LogP) is 3.31. The van der Waals surface area contributed by atoms with Crippen LogP contribution in [0.3, 0.4) is 0 Å². The Hall–Kier alpha value is -1.12. The molecule has 17 heavy (non-hydrogen) atoms. The van der Waals surface area contributed by atoms with Crippen LogP contribution >= 0.6 is 0 Å². The number of hydrogen-bond acceptors (Lipinski definition) is 2. The van der Waals surface area contributed by atoms with Crippen molar-refractivity contribution in [2.45, 2.75) is 45.6 Å². The van der Waals surface area contributed by atoms with Gasteiger partial charge in [-0.1, -0.05) is 29.8 Å². The molecule has 0 radical (unpaired) electrons. The number of nitrogens with one attached hydrogen (secondary N) is 1. The third-order valence-electron chi connectivity index (χ3n) is 3.69. The van der Waals surface area contributed by atoms with Gasteiger partial charge in [0, 0.05) is 0 Å². The lowest BCUT2D eigenvalue weighted by atomic mass is 9.86. The van der Waals surface area contributed by atoms with E-state index in [9.17, 15) is 0 Å². The average molecular weight is 230 g/mol. The van der Waals surface area contributed by atoms with E-state index in [1.807, 2.05) is 0 Å². The molecule has 0 aromatic heterocycles. The monoisotopic (exact) mass is 230 g/mol. The minimum Gasteiger partial charge on any atom is -0.271 e. The summed E-state index contributed by atoms with van der Waals surface area (Å²) in [6.07, 6.45) is 7.32. The second-order valence-corrected chi connectivity index (χ2v) is 4.93. The molecular formula is C15H22N2. The Balaban J connectivity index is 2.38. The highest BCUT2D eigenvalue weighted by molar-refractivity contribution is 5.40. The summed E-state index contributed by atoms with van der Waals surface area (Å²) in [5, 5.41) is 0. The lowest BCUT2D eigenvalue weighted by Gasteiger charge is -2.26. The first-order chi connectivity index (χ1) is 8.24. The molecule has 92 valence electrons. The van der Waals surface area contributed by atoms with Crippen molar-refractivity contribution in [3.8, 4) is 0 Å². The molecule has 1 aromatic carbocycles. The zero-order valence-electron chi connectivity index (χ0n) is 10.8. The van der Waals surface area contributed by atoms with E-state index in [4.69, 9.17) is 5.84 Å². The topological polar surface area (TPSA) is 38.0 Å². The lowest BCUT2D eigenvalue weighted by Crippen LogP contribution is -2.31. The maximum absolute atomic E-state index is 5.78. The Bertz CT molecular complexity index is 401. The molecule has 0 heterocycles. The molecule has 3 N–H and O–H groups in total. The predicted molar refractivity (Wildman–Crippen MR) is 72.5 cm³/mol. The van der Waals surface area contributed by atoms with Gasteiger partial charge in [-0.25, -0.2) is 5.43 Å². The second-order valence-electron chi connectivity index (χ2n) is 4.93. The highest BCUT2D eigenvalue weighted by Gasteiger charge is 2.19. The van der Waals surface area contributed by atoms with Gasteiger partial charge in [0.25, 0.3) is 0 Å². The summed E-state index contributed by atoms with van der Waals surface area (Å²) in [6.45, 7) is 4.33. The zero-order valence-corrected chi connectivity index (χ0v) is 10.8. The van der Waals surface area contributed by atoms with Gasteiger partial charge in [0.15, 0.2) is 0 Å². The van der Waals surface area contributed by atoms with Crippen LogP contribution in [-0.4, -0.2) is 0 Å². The fraction of sp³-hybridized carbons (Fsp3) is 0.467. The van der Waals surface area contributed by atoms with Gasteiger partial charge in [0.1, 0.15) is 0 Å². The number of benzene rings is 1. The summed E-state index contributed by atoms with van der Waals surface area (Å²) in [4.78, 5) is 0. The minimum absolute atomic E-state index is 0.191. The summed E-state index contributed by atoms with van der Waals surface area (Å²) in [5.41, 5.74) is 8.44. The van der Waals surface area contributed by atoms with Gasteiger partial charge in [-0.2, -0.15) is 0 Å². The van der Waals surface area contributed by atoms with Crippen molar-refractivity contribution in [2.24, 2.45) is 5.84 Å². The lowest BCUT2D eigenvalue weighted by molar-refractivity contribution is 0.562. The van der Waals surface area contributed by atoms with Gasteiger partial charge in [-0.05, 0) is 56.2 Å². The number of aryl methyl sites for hydroxylation is 2. The second kappa shape index (κ2) is 5.48. The smallest absolute Gasteiger partial charge is 0.0675 e. The van der Waals surface area contributed by atoms with Crippen molar-refractivity contribution in [3.05, 3.63) is 46.5 Å². The van der Waals surface area contributed by atoms with Crippen LogP contribution in [0.2, 0.25) is 0 Å². The third-order valence-corrected chi connectivity index (χ3v) is 3.69. The molecule has 1 aromatic rings. The normalized spacial score (nSPS) is 17.7. The minimum atomic E-state index is 0.191. The molecule has 0 fully saturated rings. The molecule has 2 heteroatoms. The van der Waals surface area contributed by atoms with Crippen molar-refractivity contribution in [3.63, 3.8) is 0 Å². The summed E-state index contributed by atoms with van der Waals surface area (Å²) < 4.78 is 0. The first-order valence-corrected chi connectivity index (χ1v) is 6.45. The fourth-order valence-corrected chi connectivity index (χ4v) is 2.78. The molecule has 1 aliphatic carbocycles. The maximum atomic E-state index is 5.78. The maximum Gasteiger partial charge on any atom is 0.0675 e. The van der Waals surface area contributed by atoms with Gasteiger partial charge in [0.2, 0.25) is 0 Å². The van der Waals surface area contributed by atoms with Crippen molar-refractivity contribution >= 4 is 0 Å². The van der Waals surface area contributed by atoms with Crippen LogP contribution < -0.4 is 11.3 Å². The molecule has 0 saturated heterocycles. The number of nitrogens with two attached hydrogens (primary N) is 1. The van der Waals surface area contributed by atoms with Crippen LogP contribution in [0.1, 0.15) is 48.4 Å². The molecule has 0 aliphatic heterocycles. The van der Waals surface area contributed by atoms with Gasteiger partial charge in [-0.3, -0.25) is 5.84 Å². The van der Waals surface area contributed by atoms with Crippen LogP contribution in [0.25, 0.3) is 0 Å². The first-order valence-electron chi connectivity index (χ1n) is 6.45. The Labute approximate surface area is 104 Å². The van der Waals surface area contributed by atoms with E-state index in [1.165, 1.54) is 47.9 Å². The van der Waals surface area contributed by atoms with Crippen molar-refractivity contribution in [1.29, 1.82) is 0 Å². The molecule has 2 nitrogen and oxygen atoms in total. The Morgan fingerprint density at radius 1 is 1.18 bits per heavy atom. The largest absolute Gasteiger partial charge is 0.271 e. The summed E-state index contributed by atoms with van der Waals surface area (Å²) in [7, 11) is 0. The number of allylic oxidation sites excluding steroid dienone is 1. The van der Waals surface area contributed by atoms with E-state index in [1.54, 1.807) is 0 Å². The average Bonchev–Trinajstić information content (AvgIpc) is 2.35. The molecule has 1 atom stereocenters. The third kappa shape index (κ3) is 2.59. The standard InChI is InChI=1S/C15H22N2/c1-11-7-6-8-12(2)14(11)15(17-16)13-9-4-3-5-10-13/h6-9,15,17H,3-5,10,16H2,1-2H3. The molecule has 1 unspecified atom stereocenters. The van der Waals surface area contributed by atoms with Crippen LogP contribution in [0.4, 0.5) is 0 Å². The van der Waals surface area contributed by atoms with E-state index in [0.29, 0.717) is 0 Å². The Kier molecular flexibility index (Phi) is 3.97. The zero-order chi connectivity index (χ0) is 12.3. The van der Waals surface area contributed by atoms with Crippen molar-refractivity contribution in [2.75, 3.05) is 0 Å². The van der Waals surface area contributed by atoms with Crippen molar-refractivity contribution in [1.82, 2.24) is 5.43 Å². The van der Waals surface area contributed by atoms with Crippen LogP contribution in [-0.2, 0) is 0 Å². The molecule has 0 bridgehead atoms. The van der Waals surface area contributed by atoms with Gasteiger partial charge >= 0.3 is 0 Å². The Morgan fingerprint density at radius 3 is 2.41 bits per heavy atom. The first kappa shape index (κ1) is 12.3. The van der Waals surface area contributed by atoms with E-state index in [-0.39, 0.29) is 6.04 Å². The van der Waals surface area contributed by atoms with Crippen LogP contribution in [0.5, 0.6) is 0 Å². The Morgan fingerprint density at radius 2 is 1.88 bits per heavy atom. The number of rotatable bonds is 3. The quantitative estimate of drug-likeness (QED) is 0.475. The summed E-state index contributed by atoms with van der Waals surface area (Å²) in [5.74, 6) is 5.78. The SMILES string of the molecule is Cc1cccc(C)c1C(NN)C1=CCCCC1. The van der Waals surface area contributed by atoms with E-state index in [0.717, 1.165) is 0 Å². The molecule has 2 rings (SSSR count). The van der Waals surface area contributed by atoms with Gasteiger partial charge in [0.05, 0.1) is 6.04 Å². The molecule has 1 aliphatic rings. The molecular weight excluding hydrogens is 208 g/mol. The van der Waals surface area contributed by atoms with E-state index >= 15 is 0 Å². The fourth-order valence-electron chi connectivity index (χ4n) is 2.78. The highest BCUT2D eigenvalue weighted by Crippen LogP contribution is 2.32. The molecule has 0 amide bonds. The van der Waals surface area contributed by atoms with Crippen LogP contribution in [0, 0.1) is 13.8 Å². The number of hydrazine groups is 1. The summed E-state index contributed by atoms with van der Waals surface area (Å²) >= 11 is 0. The summed E-state index contributed by atoms with van der Waals surface area (Å²) in [6, 6.07) is 6.62. The number of hydrogen-bond donors (Lipinski definition) is 2. The van der Waals surface area contributed by atoms with E-state index in [2.05, 4.69) is 43.5 Å². The molecule has 0 spiro atoms.